The summed E-state index contributed by atoms with van der Waals surface area (Å²) in [6, 6.07) is 4.25. The standard InChI is InChI=1S/C19H24N2O5/c1-5-20-16(22)12(4)26-19(25)13-6-7-14-15(10-13)18(24)21(17(14)23)9-8-11(2)3/h6-7,10-12H,5,8-9H2,1-4H3,(H,20,22)/t12-/m0/s1. The van der Waals surface area contributed by atoms with Crippen LogP contribution in [0.3, 0.4) is 0 Å². The monoisotopic (exact) mass is 360 g/mol. The fourth-order valence-corrected chi connectivity index (χ4v) is 2.61. The predicted molar refractivity (Wildman–Crippen MR) is 94.8 cm³/mol. The van der Waals surface area contributed by atoms with E-state index in [1.165, 1.54) is 30.0 Å². The van der Waals surface area contributed by atoms with Crippen LogP contribution in [0, 0.1) is 5.92 Å². The molecule has 3 amide bonds. The van der Waals surface area contributed by atoms with E-state index in [1.54, 1.807) is 6.92 Å². The van der Waals surface area contributed by atoms with Crippen molar-refractivity contribution < 1.29 is 23.9 Å². The molecule has 0 unspecified atom stereocenters. The van der Waals surface area contributed by atoms with E-state index in [9.17, 15) is 19.2 Å². The molecule has 0 radical (unpaired) electrons. The number of nitrogens with zero attached hydrogens (tertiary/aromatic N) is 1. The lowest BCUT2D eigenvalue weighted by atomic mass is 10.1. The number of imide groups is 1. The molecule has 1 N–H and O–H groups in total. The van der Waals surface area contributed by atoms with Crippen LogP contribution in [0.4, 0.5) is 0 Å². The highest BCUT2D eigenvalue weighted by molar-refractivity contribution is 6.22. The van der Waals surface area contributed by atoms with Gasteiger partial charge >= 0.3 is 5.97 Å². The summed E-state index contributed by atoms with van der Waals surface area (Å²) in [5.41, 5.74) is 0.609. The molecule has 0 aromatic heterocycles. The highest BCUT2D eigenvalue weighted by Gasteiger charge is 2.36. The molecule has 2 rings (SSSR count). The van der Waals surface area contributed by atoms with Crippen molar-refractivity contribution >= 4 is 23.7 Å². The second-order valence-electron chi connectivity index (χ2n) is 6.65. The first kappa shape index (κ1) is 19.6. The van der Waals surface area contributed by atoms with Crippen LogP contribution in [-0.4, -0.2) is 47.8 Å². The summed E-state index contributed by atoms with van der Waals surface area (Å²) in [6.07, 6.45) is -0.236. The van der Waals surface area contributed by atoms with Crippen molar-refractivity contribution in [1.29, 1.82) is 0 Å². The van der Waals surface area contributed by atoms with Crippen LogP contribution in [0.15, 0.2) is 18.2 Å². The molecule has 26 heavy (non-hydrogen) atoms. The quantitative estimate of drug-likeness (QED) is 0.593. The lowest BCUT2D eigenvalue weighted by Gasteiger charge is -2.14. The molecule has 1 heterocycles. The Kier molecular flexibility index (Phi) is 6.13. The van der Waals surface area contributed by atoms with Gasteiger partial charge in [-0.25, -0.2) is 4.79 Å². The van der Waals surface area contributed by atoms with Crippen molar-refractivity contribution in [2.45, 2.75) is 40.2 Å². The van der Waals surface area contributed by atoms with Gasteiger partial charge in [0, 0.05) is 13.1 Å². The van der Waals surface area contributed by atoms with E-state index in [0.29, 0.717) is 25.4 Å². The maximum atomic E-state index is 12.5. The molecule has 7 nitrogen and oxygen atoms in total. The third-order valence-electron chi connectivity index (χ3n) is 4.14. The van der Waals surface area contributed by atoms with E-state index in [4.69, 9.17) is 4.74 Å². The zero-order valence-electron chi connectivity index (χ0n) is 15.5. The number of hydrogen-bond donors (Lipinski definition) is 1. The zero-order valence-corrected chi connectivity index (χ0v) is 15.5. The van der Waals surface area contributed by atoms with Crippen LogP contribution < -0.4 is 5.32 Å². The molecule has 0 saturated heterocycles. The highest BCUT2D eigenvalue weighted by atomic mass is 16.5. The number of likely N-dealkylation sites (N-methyl/N-ethyl adjacent to an activating group) is 1. The first-order valence-electron chi connectivity index (χ1n) is 8.75. The summed E-state index contributed by atoms with van der Waals surface area (Å²) in [7, 11) is 0. The van der Waals surface area contributed by atoms with E-state index in [-0.39, 0.29) is 22.6 Å². The predicted octanol–water partition coefficient (Wildman–Crippen LogP) is 2.01. The van der Waals surface area contributed by atoms with E-state index in [2.05, 4.69) is 5.32 Å². The van der Waals surface area contributed by atoms with E-state index in [1.807, 2.05) is 13.8 Å². The number of hydrogen-bond acceptors (Lipinski definition) is 5. The van der Waals surface area contributed by atoms with Crippen LogP contribution in [0.1, 0.15) is 65.2 Å². The lowest BCUT2D eigenvalue weighted by Crippen LogP contribution is -2.35. The van der Waals surface area contributed by atoms with Crippen LogP contribution >= 0.6 is 0 Å². The van der Waals surface area contributed by atoms with Gasteiger partial charge in [0.05, 0.1) is 16.7 Å². The SMILES string of the molecule is CCNC(=O)[C@H](C)OC(=O)c1ccc2c(c1)C(=O)N(CCC(C)C)C2=O. The van der Waals surface area contributed by atoms with Crippen LogP contribution in [0.25, 0.3) is 0 Å². The molecule has 0 fully saturated rings. The van der Waals surface area contributed by atoms with Crippen molar-refractivity contribution in [3.05, 3.63) is 34.9 Å². The van der Waals surface area contributed by atoms with Crippen molar-refractivity contribution in [3.63, 3.8) is 0 Å². The van der Waals surface area contributed by atoms with Crippen molar-refractivity contribution in [2.75, 3.05) is 13.1 Å². The molecular weight excluding hydrogens is 336 g/mol. The lowest BCUT2D eigenvalue weighted by molar-refractivity contribution is -0.128. The molecule has 0 saturated carbocycles. The van der Waals surface area contributed by atoms with Gasteiger partial charge in [-0.2, -0.15) is 0 Å². The number of esters is 1. The van der Waals surface area contributed by atoms with Gasteiger partial charge in [-0.05, 0) is 44.4 Å². The average molecular weight is 360 g/mol. The minimum Gasteiger partial charge on any atom is -0.449 e. The van der Waals surface area contributed by atoms with Crippen molar-refractivity contribution in [1.82, 2.24) is 10.2 Å². The maximum Gasteiger partial charge on any atom is 0.338 e. The third-order valence-corrected chi connectivity index (χ3v) is 4.14. The number of nitrogens with one attached hydrogen (secondary N) is 1. The number of benzene rings is 1. The molecule has 1 aliphatic heterocycles. The van der Waals surface area contributed by atoms with Crippen molar-refractivity contribution in [2.24, 2.45) is 5.92 Å². The Hall–Kier alpha value is -2.70. The number of rotatable bonds is 7. The molecule has 1 aromatic rings. The van der Waals surface area contributed by atoms with Crippen LogP contribution in [0.2, 0.25) is 0 Å². The van der Waals surface area contributed by atoms with Gasteiger partial charge in [-0.1, -0.05) is 13.8 Å². The zero-order chi connectivity index (χ0) is 19.4. The topological polar surface area (TPSA) is 92.8 Å². The Morgan fingerprint density at radius 2 is 1.77 bits per heavy atom. The van der Waals surface area contributed by atoms with Crippen LogP contribution in [0.5, 0.6) is 0 Å². The second-order valence-corrected chi connectivity index (χ2v) is 6.65. The Morgan fingerprint density at radius 1 is 1.12 bits per heavy atom. The molecule has 1 aromatic carbocycles. The van der Waals surface area contributed by atoms with Gasteiger partial charge < -0.3 is 10.1 Å². The van der Waals surface area contributed by atoms with E-state index in [0.717, 1.165) is 0 Å². The first-order chi connectivity index (χ1) is 12.3. The Morgan fingerprint density at radius 3 is 2.38 bits per heavy atom. The van der Waals surface area contributed by atoms with Gasteiger partial charge in [0.2, 0.25) is 0 Å². The summed E-state index contributed by atoms with van der Waals surface area (Å²) in [4.78, 5) is 50.0. The second kappa shape index (κ2) is 8.12. The average Bonchev–Trinajstić information content (AvgIpc) is 2.83. The maximum absolute atomic E-state index is 12.5. The van der Waals surface area contributed by atoms with E-state index >= 15 is 0 Å². The number of fused-ring (bicyclic) bond motifs is 1. The molecule has 1 aliphatic rings. The first-order valence-corrected chi connectivity index (χ1v) is 8.75. The molecule has 1 atom stereocenters. The highest BCUT2D eigenvalue weighted by Crippen LogP contribution is 2.25. The van der Waals surface area contributed by atoms with Gasteiger partial charge in [-0.15, -0.1) is 0 Å². The van der Waals surface area contributed by atoms with Gasteiger partial charge in [0.1, 0.15) is 0 Å². The minimum atomic E-state index is -0.949. The smallest absolute Gasteiger partial charge is 0.338 e. The minimum absolute atomic E-state index is 0.131. The molecular formula is C19H24N2O5. The number of amides is 3. The van der Waals surface area contributed by atoms with Crippen molar-refractivity contribution in [3.8, 4) is 0 Å². The molecule has 7 heteroatoms. The number of carbonyl (C=O) groups is 4. The summed E-state index contributed by atoms with van der Waals surface area (Å²) in [5, 5.41) is 2.56. The Balaban J connectivity index is 2.15. The molecule has 0 aliphatic carbocycles. The van der Waals surface area contributed by atoms with Gasteiger partial charge in [0.15, 0.2) is 6.10 Å². The van der Waals surface area contributed by atoms with E-state index < -0.39 is 23.9 Å². The molecule has 0 spiro atoms. The third kappa shape index (κ3) is 4.09. The number of ether oxygens (including phenoxy) is 1. The summed E-state index contributed by atoms with van der Waals surface area (Å²) >= 11 is 0. The molecule has 0 bridgehead atoms. The summed E-state index contributed by atoms with van der Waals surface area (Å²) < 4.78 is 5.12. The fourth-order valence-electron chi connectivity index (χ4n) is 2.61. The summed E-state index contributed by atoms with van der Waals surface area (Å²) in [6.45, 7) is 8.05. The fraction of sp³-hybridized carbons (Fsp3) is 0.474. The van der Waals surface area contributed by atoms with Crippen LogP contribution in [-0.2, 0) is 9.53 Å². The Labute approximate surface area is 152 Å². The normalized spacial score (nSPS) is 14.4. The van der Waals surface area contributed by atoms with Gasteiger partial charge in [0.25, 0.3) is 17.7 Å². The number of carbonyl (C=O) groups excluding carboxylic acids is 4. The largest absolute Gasteiger partial charge is 0.449 e. The summed E-state index contributed by atoms with van der Waals surface area (Å²) in [5.74, 6) is -1.50. The van der Waals surface area contributed by atoms with Gasteiger partial charge in [-0.3, -0.25) is 19.3 Å². The Bertz CT molecular complexity index is 741. The molecule has 140 valence electrons.